The van der Waals surface area contributed by atoms with Gasteiger partial charge in [-0.15, -0.1) is 6.58 Å². The number of carbonyl (C=O) groups is 2. The van der Waals surface area contributed by atoms with Gasteiger partial charge in [-0.05, 0) is 51.1 Å². The first-order chi connectivity index (χ1) is 12.0. The van der Waals surface area contributed by atoms with Gasteiger partial charge in [-0.3, -0.25) is 9.59 Å². The molecule has 140 valence electrons. The third kappa shape index (κ3) is 4.25. The molecule has 0 aromatic heterocycles. The van der Waals surface area contributed by atoms with Gasteiger partial charge in [-0.1, -0.05) is 12.5 Å². The van der Waals surface area contributed by atoms with Gasteiger partial charge in [0.05, 0.1) is 0 Å². The third-order valence-electron chi connectivity index (χ3n) is 6.61. The Bertz CT molecular complexity index is 511. The summed E-state index contributed by atoms with van der Waals surface area (Å²) < 4.78 is 0. The molecule has 0 bridgehead atoms. The van der Waals surface area contributed by atoms with E-state index in [0.717, 1.165) is 51.9 Å². The molecular weight excluding hydrogens is 314 g/mol. The first kappa shape index (κ1) is 18.4. The van der Waals surface area contributed by atoms with Gasteiger partial charge in [0.2, 0.25) is 11.8 Å². The van der Waals surface area contributed by atoms with Crippen molar-refractivity contribution in [3.8, 4) is 0 Å². The lowest BCUT2D eigenvalue weighted by Crippen LogP contribution is -2.53. The number of carbonyl (C=O) groups excluding carboxylic acids is 2. The van der Waals surface area contributed by atoms with Crippen molar-refractivity contribution in [2.24, 2.45) is 5.41 Å². The van der Waals surface area contributed by atoms with Crippen LogP contribution in [0.3, 0.4) is 0 Å². The highest BCUT2D eigenvalue weighted by Crippen LogP contribution is 2.40. The van der Waals surface area contributed by atoms with Crippen LogP contribution in [0, 0.1) is 5.41 Å². The molecule has 0 aliphatic carbocycles. The molecule has 3 rings (SSSR count). The second-order valence-electron chi connectivity index (χ2n) is 8.28. The molecule has 1 spiro atoms. The Morgan fingerprint density at radius 1 is 1.24 bits per heavy atom. The van der Waals surface area contributed by atoms with E-state index in [1.165, 1.54) is 12.8 Å². The summed E-state index contributed by atoms with van der Waals surface area (Å²) in [7, 11) is 2.15. The van der Waals surface area contributed by atoms with E-state index < -0.39 is 0 Å². The third-order valence-corrected chi connectivity index (χ3v) is 6.61. The van der Waals surface area contributed by atoms with E-state index in [2.05, 4.69) is 23.4 Å². The minimum absolute atomic E-state index is 0.218. The maximum Gasteiger partial charge on any atom is 0.224 e. The second-order valence-corrected chi connectivity index (χ2v) is 8.28. The van der Waals surface area contributed by atoms with E-state index in [-0.39, 0.29) is 11.3 Å². The maximum atomic E-state index is 12.7. The molecule has 0 saturated carbocycles. The molecule has 3 aliphatic rings. The van der Waals surface area contributed by atoms with Crippen LogP contribution in [-0.4, -0.2) is 72.3 Å². The number of piperidine rings is 3. The Kier molecular flexibility index (Phi) is 5.82. The van der Waals surface area contributed by atoms with Gasteiger partial charge in [0.25, 0.3) is 0 Å². The average Bonchev–Trinajstić information content (AvgIpc) is 2.61. The number of hydrogen-bond donors (Lipinski definition) is 0. The molecule has 0 aromatic carbocycles. The average molecular weight is 348 g/mol. The zero-order valence-electron chi connectivity index (χ0n) is 15.7. The number of likely N-dealkylation sites (tertiary alicyclic amines) is 3. The molecule has 2 amide bonds. The van der Waals surface area contributed by atoms with Gasteiger partial charge >= 0.3 is 0 Å². The highest BCUT2D eigenvalue weighted by Gasteiger charge is 2.41. The van der Waals surface area contributed by atoms with Crippen molar-refractivity contribution in [3.63, 3.8) is 0 Å². The lowest BCUT2D eigenvalue weighted by atomic mass is 9.72. The van der Waals surface area contributed by atoms with E-state index in [1.807, 2.05) is 11.0 Å². The molecule has 3 aliphatic heterocycles. The van der Waals surface area contributed by atoms with Crippen LogP contribution in [0.1, 0.15) is 51.4 Å². The molecule has 3 saturated heterocycles. The zero-order chi connectivity index (χ0) is 17.9. The van der Waals surface area contributed by atoms with E-state index in [4.69, 9.17) is 0 Å². The number of amides is 2. The fraction of sp³-hybridized carbons (Fsp3) is 0.800. The Balaban J connectivity index is 1.51. The lowest BCUT2D eigenvalue weighted by molar-refractivity contribution is -0.142. The molecule has 5 heteroatoms. The Hall–Kier alpha value is -1.36. The molecule has 1 atom stereocenters. The molecule has 0 N–H and O–H groups in total. The highest BCUT2D eigenvalue weighted by molar-refractivity contribution is 5.78. The van der Waals surface area contributed by atoms with Gasteiger partial charge in [-0.2, -0.15) is 0 Å². The number of nitrogens with zero attached hydrogens (tertiary/aromatic N) is 3. The zero-order valence-corrected chi connectivity index (χ0v) is 15.7. The standard InChI is InChI=1S/C20H33N3O2/c1-3-11-23-16-20(8-7-18(23)24)9-13-22(14-10-20)19(25)15-17-6-4-5-12-21(17)2/h3,17H,1,4-16H2,2H3/t17-/m0/s1. The summed E-state index contributed by atoms with van der Waals surface area (Å²) in [5, 5.41) is 0. The minimum Gasteiger partial charge on any atom is -0.343 e. The largest absolute Gasteiger partial charge is 0.343 e. The first-order valence-corrected chi connectivity index (χ1v) is 9.90. The molecule has 0 unspecified atom stereocenters. The highest BCUT2D eigenvalue weighted by atomic mass is 16.2. The van der Waals surface area contributed by atoms with Crippen LogP contribution in [0.4, 0.5) is 0 Å². The fourth-order valence-corrected chi connectivity index (χ4v) is 4.80. The van der Waals surface area contributed by atoms with E-state index in [0.29, 0.717) is 31.3 Å². The molecule has 0 aromatic rings. The lowest BCUT2D eigenvalue weighted by Gasteiger charge is -2.47. The van der Waals surface area contributed by atoms with Crippen LogP contribution in [0.5, 0.6) is 0 Å². The van der Waals surface area contributed by atoms with Crippen LogP contribution in [0.25, 0.3) is 0 Å². The first-order valence-electron chi connectivity index (χ1n) is 9.90. The molecule has 0 radical (unpaired) electrons. The van der Waals surface area contributed by atoms with Crippen LogP contribution < -0.4 is 0 Å². The Morgan fingerprint density at radius 3 is 2.68 bits per heavy atom. The molecule has 3 heterocycles. The van der Waals surface area contributed by atoms with E-state index >= 15 is 0 Å². The maximum absolute atomic E-state index is 12.7. The van der Waals surface area contributed by atoms with E-state index in [9.17, 15) is 9.59 Å². The van der Waals surface area contributed by atoms with Gasteiger partial charge in [0.1, 0.15) is 0 Å². The molecule has 3 fully saturated rings. The second kappa shape index (κ2) is 7.90. The fourth-order valence-electron chi connectivity index (χ4n) is 4.80. The van der Waals surface area contributed by atoms with Gasteiger partial charge in [0.15, 0.2) is 0 Å². The SMILES string of the molecule is C=CCN1CC2(CCC1=O)CCN(C(=O)C[C@@H]1CCCCN1C)CC2. The summed E-state index contributed by atoms with van der Waals surface area (Å²) in [4.78, 5) is 31.1. The van der Waals surface area contributed by atoms with Crippen LogP contribution in [-0.2, 0) is 9.59 Å². The van der Waals surface area contributed by atoms with Crippen molar-refractivity contribution >= 4 is 11.8 Å². The quantitative estimate of drug-likeness (QED) is 0.733. The summed E-state index contributed by atoms with van der Waals surface area (Å²) in [5.41, 5.74) is 0.218. The number of hydrogen-bond acceptors (Lipinski definition) is 3. The van der Waals surface area contributed by atoms with Crippen molar-refractivity contribution in [2.45, 2.75) is 57.4 Å². The number of rotatable bonds is 4. The predicted octanol–water partition coefficient (Wildman–Crippen LogP) is 2.28. The van der Waals surface area contributed by atoms with Crippen molar-refractivity contribution < 1.29 is 9.59 Å². The minimum atomic E-state index is 0.218. The molecule has 25 heavy (non-hydrogen) atoms. The molecular formula is C20H33N3O2. The van der Waals surface area contributed by atoms with Gasteiger partial charge in [0, 0.05) is 45.1 Å². The van der Waals surface area contributed by atoms with Gasteiger partial charge in [-0.25, -0.2) is 0 Å². The molecule has 5 nitrogen and oxygen atoms in total. The normalized spacial score (nSPS) is 27.6. The summed E-state index contributed by atoms with van der Waals surface area (Å²) in [6.45, 7) is 8.08. The smallest absolute Gasteiger partial charge is 0.224 e. The predicted molar refractivity (Wildman–Crippen MR) is 99.1 cm³/mol. The monoisotopic (exact) mass is 347 g/mol. The summed E-state index contributed by atoms with van der Waals surface area (Å²) >= 11 is 0. The summed E-state index contributed by atoms with van der Waals surface area (Å²) in [5.74, 6) is 0.577. The topological polar surface area (TPSA) is 43.9 Å². The van der Waals surface area contributed by atoms with Crippen molar-refractivity contribution in [1.29, 1.82) is 0 Å². The van der Waals surface area contributed by atoms with Crippen molar-refractivity contribution in [1.82, 2.24) is 14.7 Å². The Labute approximate surface area is 152 Å². The van der Waals surface area contributed by atoms with Crippen LogP contribution >= 0.6 is 0 Å². The van der Waals surface area contributed by atoms with E-state index in [1.54, 1.807) is 0 Å². The Morgan fingerprint density at radius 2 is 2.00 bits per heavy atom. The summed E-state index contributed by atoms with van der Waals surface area (Å²) in [6, 6.07) is 0.424. The van der Waals surface area contributed by atoms with Crippen LogP contribution in [0.2, 0.25) is 0 Å². The summed E-state index contributed by atoms with van der Waals surface area (Å²) in [6.07, 6.45) is 9.83. The van der Waals surface area contributed by atoms with Gasteiger partial charge < -0.3 is 14.7 Å². The van der Waals surface area contributed by atoms with Crippen molar-refractivity contribution in [2.75, 3.05) is 39.8 Å². The van der Waals surface area contributed by atoms with Crippen molar-refractivity contribution in [3.05, 3.63) is 12.7 Å². The van der Waals surface area contributed by atoms with Crippen LogP contribution in [0.15, 0.2) is 12.7 Å².